The Hall–Kier alpha value is -2.49. The van der Waals surface area contributed by atoms with E-state index >= 15 is 0 Å². The quantitative estimate of drug-likeness (QED) is 0.817. The van der Waals surface area contributed by atoms with E-state index in [1.54, 1.807) is 0 Å². The number of ether oxygens (including phenoxy) is 2. The van der Waals surface area contributed by atoms with Gasteiger partial charge in [0.25, 0.3) is 5.91 Å². The third-order valence-corrected chi connectivity index (χ3v) is 4.21. The SMILES string of the molecule is O=C(COc1ccccc1)N1CCCC(COc2ccccc2)C1. The molecule has 2 aromatic carbocycles. The summed E-state index contributed by atoms with van der Waals surface area (Å²) >= 11 is 0. The number of piperidine rings is 1. The number of amides is 1. The van der Waals surface area contributed by atoms with Crippen molar-refractivity contribution in [2.24, 2.45) is 5.92 Å². The topological polar surface area (TPSA) is 38.8 Å². The van der Waals surface area contributed by atoms with Crippen molar-refractivity contribution in [1.82, 2.24) is 4.90 Å². The van der Waals surface area contributed by atoms with Crippen LogP contribution in [0.15, 0.2) is 60.7 Å². The van der Waals surface area contributed by atoms with Gasteiger partial charge in [-0.25, -0.2) is 0 Å². The van der Waals surface area contributed by atoms with Crippen LogP contribution < -0.4 is 9.47 Å². The second kappa shape index (κ2) is 8.39. The Balaban J connectivity index is 1.45. The number of carbonyl (C=O) groups excluding carboxylic acids is 1. The summed E-state index contributed by atoms with van der Waals surface area (Å²) in [6, 6.07) is 19.3. The van der Waals surface area contributed by atoms with Crippen LogP contribution in [0.25, 0.3) is 0 Å². The molecule has 1 unspecified atom stereocenters. The van der Waals surface area contributed by atoms with Gasteiger partial charge in [0, 0.05) is 19.0 Å². The van der Waals surface area contributed by atoms with Crippen LogP contribution >= 0.6 is 0 Å². The van der Waals surface area contributed by atoms with Crippen molar-refractivity contribution in [2.45, 2.75) is 12.8 Å². The fourth-order valence-corrected chi connectivity index (χ4v) is 2.91. The highest BCUT2D eigenvalue weighted by atomic mass is 16.5. The van der Waals surface area contributed by atoms with Crippen molar-refractivity contribution in [2.75, 3.05) is 26.3 Å². The maximum atomic E-state index is 12.4. The number of nitrogens with zero attached hydrogens (tertiary/aromatic N) is 1. The van der Waals surface area contributed by atoms with Gasteiger partial charge < -0.3 is 14.4 Å². The maximum Gasteiger partial charge on any atom is 0.260 e. The van der Waals surface area contributed by atoms with Crippen LogP contribution in [0.1, 0.15) is 12.8 Å². The van der Waals surface area contributed by atoms with Gasteiger partial charge in [-0.3, -0.25) is 4.79 Å². The zero-order chi connectivity index (χ0) is 16.6. The lowest BCUT2D eigenvalue weighted by Gasteiger charge is -2.32. The molecule has 0 aliphatic carbocycles. The first kappa shape index (κ1) is 16.4. The lowest BCUT2D eigenvalue weighted by Crippen LogP contribution is -2.43. The zero-order valence-corrected chi connectivity index (χ0v) is 13.8. The van der Waals surface area contributed by atoms with Gasteiger partial charge in [0.15, 0.2) is 6.61 Å². The van der Waals surface area contributed by atoms with Crippen molar-refractivity contribution in [1.29, 1.82) is 0 Å². The maximum absolute atomic E-state index is 12.4. The average Bonchev–Trinajstić information content (AvgIpc) is 2.66. The van der Waals surface area contributed by atoms with Gasteiger partial charge in [0.05, 0.1) is 6.61 Å². The number of hydrogen-bond donors (Lipinski definition) is 0. The third kappa shape index (κ3) is 4.75. The molecule has 0 saturated carbocycles. The van der Waals surface area contributed by atoms with Crippen molar-refractivity contribution in [3.05, 3.63) is 60.7 Å². The van der Waals surface area contributed by atoms with Crippen LogP contribution in [0.4, 0.5) is 0 Å². The summed E-state index contributed by atoms with van der Waals surface area (Å²) in [5.41, 5.74) is 0. The molecule has 1 saturated heterocycles. The smallest absolute Gasteiger partial charge is 0.260 e. The van der Waals surface area contributed by atoms with E-state index in [0.717, 1.165) is 37.4 Å². The number of benzene rings is 2. The molecule has 0 bridgehead atoms. The van der Waals surface area contributed by atoms with Crippen LogP contribution in [0.3, 0.4) is 0 Å². The van der Waals surface area contributed by atoms with E-state index in [1.807, 2.05) is 65.6 Å². The summed E-state index contributed by atoms with van der Waals surface area (Å²) in [6.07, 6.45) is 2.11. The molecular formula is C20H23NO3. The Kier molecular flexibility index (Phi) is 5.72. The second-order valence-electron chi connectivity index (χ2n) is 6.07. The van der Waals surface area contributed by atoms with Crippen molar-refractivity contribution in [3.8, 4) is 11.5 Å². The predicted molar refractivity (Wildman–Crippen MR) is 93.2 cm³/mol. The van der Waals surface area contributed by atoms with Crippen LogP contribution in [0.2, 0.25) is 0 Å². The molecule has 1 amide bonds. The molecule has 0 aromatic heterocycles. The van der Waals surface area contributed by atoms with Crippen LogP contribution in [-0.4, -0.2) is 37.1 Å². The highest BCUT2D eigenvalue weighted by Crippen LogP contribution is 2.19. The molecule has 1 aliphatic heterocycles. The molecule has 1 aliphatic rings. The van der Waals surface area contributed by atoms with E-state index in [2.05, 4.69) is 0 Å². The van der Waals surface area contributed by atoms with Gasteiger partial charge in [-0.15, -0.1) is 0 Å². The molecule has 1 fully saturated rings. The normalized spacial score (nSPS) is 17.3. The summed E-state index contributed by atoms with van der Waals surface area (Å²) in [4.78, 5) is 14.2. The first-order valence-corrected chi connectivity index (χ1v) is 8.45. The third-order valence-electron chi connectivity index (χ3n) is 4.21. The molecule has 126 valence electrons. The predicted octanol–water partition coefficient (Wildman–Crippen LogP) is 3.38. The number of para-hydroxylation sites is 2. The molecule has 4 heteroatoms. The fraction of sp³-hybridized carbons (Fsp3) is 0.350. The van der Waals surface area contributed by atoms with Crippen LogP contribution in [-0.2, 0) is 4.79 Å². The number of carbonyl (C=O) groups is 1. The monoisotopic (exact) mass is 325 g/mol. The molecule has 3 rings (SSSR count). The summed E-state index contributed by atoms with van der Waals surface area (Å²) in [7, 11) is 0. The minimum Gasteiger partial charge on any atom is -0.493 e. The molecule has 0 spiro atoms. The highest BCUT2D eigenvalue weighted by Gasteiger charge is 2.24. The molecule has 0 N–H and O–H groups in total. The highest BCUT2D eigenvalue weighted by molar-refractivity contribution is 5.77. The van der Waals surface area contributed by atoms with Crippen LogP contribution in [0, 0.1) is 5.92 Å². The van der Waals surface area contributed by atoms with Crippen LogP contribution in [0.5, 0.6) is 11.5 Å². The second-order valence-corrected chi connectivity index (χ2v) is 6.07. The Morgan fingerprint density at radius 3 is 2.25 bits per heavy atom. The Bertz CT molecular complexity index is 630. The molecule has 24 heavy (non-hydrogen) atoms. The van der Waals surface area contributed by atoms with Crippen molar-refractivity contribution in [3.63, 3.8) is 0 Å². The van der Waals surface area contributed by atoms with Gasteiger partial charge in [-0.1, -0.05) is 36.4 Å². The number of hydrogen-bond acceptors (Lipinski definition) is 3. The average molecular weight is 325 g/mol. The molecule has 2 aromatic rings. The standard InChI is InChI=1S/C20H23NO3/c22-20(16-24-19-11-5-2-6-12-19)21-13-7-8-17(14-21)15-23-18-9-3-1-4-10-18/h1-6,9-12,17H,7-8,13-16H2. The lowest BCUT2D eigenvalue weighted by molar-refractivity contribution is -0.135. The van der Waals surface area contributed by atoms with Gasteiger partial charge in [0.1, 0.15) is 11.5 Å². The summed E-state index contributed by atoms with van der Waals surface area (Å²) < 4.78 is 11.4. The Morgan fingerprint density at radius 1 is 0.958 bits per heavy atom. The lowest BCUT2D eigenvalue weighted by atomic mass is 9.99. The van der Waals surface area contributed by atoms with Crippen molar-refractivity contribution >= 4 is 5.91 Å². The van der Waals surface area contributed by atoms with Gasteiger partial charge in [0.2, 0.25) is 0 Å². The minimum absolute atomic E-state index is 0.0447. The van der Waals surface area contributed by atoms with E-state index in [4.69, 9.17) is 9.47 Å². The first-order chi connectivity index (χ1) is 11.8. The van der Waals surface area contributed by atoms with E-state index in [0.29, 0.717) is 12.5 Å². The molecule has 1 heterocycles. The van der Waals surface area contributed by atoms with Gasteiger partial charge in [-0.05, 0) is 37.1 Å². The largest absolute Gasteiger partial charge is 0.493 e. The number of rotatable bonds is 6. The fourth-order valence-electron chi connectivity index (χ4n) is 2.91. The first-order valence-electron chi connectivity index (χ1n) is 8.45. The summed E-state index contributed by atoms with van der Waals surface area (Å²) in [5, 5.41) is 0. The Morgan fingerprint density at radius 2 is 1.58 bits per heavy atom. The molecule has 1 atom stereocenters. The van der Waals surface area contributed by atoms with E-state index in [1.165, 1.54) is 0 Å². The Labute approximate surface area is 143 Å². The summed E-state index contributed by atoms with van der Waals surface area (Å²) in [5.74, 6) is 2.03. The summed E-state index contributed by atoms with van der Waals surface area (Å²) in [6.45, 7) is 2.28. The van der Waals surface area contributed by atoms with Gasteiger partial charge >= 0.3 is 0 Å². The molecule has 0 radical (unpaired) electrons. The number of likely N-dealkylation sites (tertiary alicyclic amines) is 1. The van der Waals surface area contributed by atoms with E-state index < -0.39 is 0 Å². The van der Waals surface area contributed by atoms with Gasteiger partial charge in [-0.2, -0.15) is 0 Å². The van der Waals surface area contributed by atoms with E-state index in [9.17, 15) is 4.79 Å². The van der Waals surface area contributed by atoms with E-state index in [-0.39, 0.29) is 12.5 Å². The van der Waals surface area contributed by atoms with Crippen molar-refractivity contribution < 1.29 is 14.3 Å². The molecule has 4 nitrogen and oxygen atoms in total. The minimum atomic E-state index is 0.0447. The molecular weight excluding hydrogens is 302 g/mol. The zero-order valence-electron chi connectivity index (χ0n) is 13.8.